The fourth-order valence-electron chi connectivity index (χ4n) is 3.17. The van der Waals surface area contributed by atoms with E-state index in [1.807, 2.05) is 25.2 Å². The van der Waals surface area contributed by atoms with Crippen molar-refractivity contribution in [2.24, 2.45) is 0 Å². The number of aryl methyl sites for hydroxylation is 1. The van der Waals surface area contributed by atoms with Crippen LogP contribution in [0.15, 0.2) is 30.6 Å². The molecule has 112 valence electrons. The average Bonchev–Trinajstić information content (AvgIpc) is 2.77. The average molecular weight is 323 g/mol. The summed E-state index contributed by atoms with van der Waals surface area (Å²) in [5.41, 5.74) is 3.88. The fraction of sp³-hybridized carbons (Fsp3) is 0.412. The highest BCUT2D eigenvalue weighted by Gasteiger charge is 2.19. The topological polar surface area (TPSA) is 17.0 Å². The number of rotatable bonds is 3. The molecular formula is C17H20Cl2N2. The minimum absolute atomic E-state index is 0.463. The van der Waals surface area contributed by atoms with Crippen LogP contribution in [0.4, 0.5) is 0 Å². The molecule has 0 saturated carbocycles. The van der Waals surface area contributed by atoms with Crippen LogP contribution in [0.25, 0.3) is 0 Å². The van der Waals surface area contributed by atoms with Crippen LogP contribution in [-0.4, -0.2) is 11.6 Å². The monoisotopic (exact) mass is 322 g/mol. The lowest BCUT2D eigenvalue weighted by Crippen LogP contribution is -2.15. The lowest BCUT2D eigenvalue weighted by molar-refractivity contribution is 0.531. The fourth-order valence-corrected chi connectivity index (χ4v) is 3.69. The van der Waals surface area contributed by atoms with Gasteiger partial charge in [-0.2, -0.15) is 0 Å². The van der Waals surface area contributed by atoms with E-state index in [9.17, 15) is 0 Å². The molecule has 2 nitrogen and oxygen atoms in total. The van der Waals surface area contributed by atoms with Gasteiger partial charge in [-0.15, -0.1) is 0 Å². The van der Waals surface area contributed by atoms with Gasteiger partial charge in [-0.05, 0) is 49.6 Å². The Balaban J connectivity index is 1.91. The van der Waals surface area contributed by atoms with E-state index in [1.54, 1.807) is 0 Å². The number of benzene rings is 1. The molecule has 1 aromatic carbocycles. The van der Waals surface area contributed by atoms with Crippen molar-refractivity contribution in [2.75, 3.05) is 7.05 Å². The second-order valence-electron chi connectivity index (χ2n) is 5.70. The molecule has 1 aliphatic rings. The molecule has 1 aromatic heterocycles. The molecule has 0 spiro atoms. The van der Waals surface area contributed by atoms with E-state index in [0.29, 0.717) is 6.04 Å². The summed E-state index contributed by atoms with van der Waals surface area (Å²) in [5, 5.41) is 4.90. The number of fused-ring (bicyclic) bond motifs is 1. The maximum Gasteiger partial charge on any atom is 0.0500 e. The zero-order valence-corrected chi connectivity index (χ0v) is 13.7. The van der Waals surface area contributed by atoms with Crippen LogP contribution in [0.3, 0.4) is 0 Å². The Morgan fingerprint density at radius 1 is 1.19 bits per heavy atom. The Bertz CT molecular complexity index is 613. The third kappa shape index (κ3) is 3.13. The number of aromatic nitrogens is 1. The van der Waals surface area contributed by atoms with Crippen molar-refractivity contribution < 1.29 is 0 Å². The van der Waals surface area contributed by atoms with E-state index < -0.39 is 0 Å². The quantitative estimate of drug-likeness (QED) is 0.801. The Hall–Kier alpha value is -0.960. The first-order valence-corrected chi connectivity index (χ1v) is 8.23. The van der Waals surface area contributed by atoms with Gasteiger partial charge in [0.25, 0.3) is 0 Å². The van der Waals surface area contributed by atoms with Gasteiger partial charge in [0.05, 0.1) is 0 Å². The molecule has 1 unspecified atom stereocenters. The molecule has 3 rings (SSSR count). The zero-order chi connectivity index (χ0) is 14.8. The van der Waals surface area contributed by atoms with Gasteiger partial charge in [0, 0.05) is 40.6 Å². The summed E-state index contributed by atoms with van der Waals surface area (Å²) in [5.74, 6) is 0. The summed E-state index contributed by atoms with van der Waals surface area (Å²) in [7, 11) is 2.04. The van der Waals surface area contributed by atoms with Gasteiger partial charge in [0.15, 0.2) is 0 Å². The predicted molar refractivity (Wildman–Crippen MR) is 89.4 cm³/mol. The molecule has 1 aliphatic carbocycles. The van der Waals surface area contributed by atoms with Crippen LogP contribution in [0.2, 0.25) is 10.0 Å². The number of nitrogens with one attached hydrogen (secondary N) is 1. The van der Waals surface area contributed by atoms with Crippen molar-refractivity contribution in [2.45, 2.75) is 38.3 Å². The van der Waals surface area contributed by atoms with Crippen LogP contribution in [0.1, 0.15) is 42.0 Å². The Labute approximate surface area is 136 Å². The van der Waals surface area contributed by atoms with Gasteiger partial charge in [-0.1, -0.05) is 35.7 Å². The van der Waals surface area contributed by atoms with Crippen molar-refractivity contribution in [1.82, 2.24) is 9.88 Å². The molecule has 0 amide bonds. The molecule has 1 atom stereocenters. The van der Waals surface area contributed by atoms with Gasteiger partial charge in [0.1, 0.15) is 0 Å². The van der Waals surface area contributed by atoms with Crippen molar-refractivity contribution in [3.05, 3.63) is 57.3 Å². The van der Waals surface area contributed by atoms with Gasteiger partial charge in [-0.25, -0.2) is 0 Å². The minimum atomic E-state index is 0.463. The third-order valence-electron chi connectivity index (χ3n) is 4.31. The van der Waals surface area contributed by atoms with Crippen LogP contribution in [0.5, 0.6) is 0 Å². The molecule has 4 heteroatoms. The van der Waals surface area contributed by atoms with Crippen molar-refractivity contribution in [3.8, 4) is 0 Å². The lowest BCUT2D eigenvalue weighted by atomic mass is 10.1. The molecule has 0 saturated heterocycles. The van der Waals surface area contributed by atoms with E-state index in [2.05, 4.69) is 22.3 Å². The largest absolute Gasteiger partial charge is 0.349 e. The Morgan fingerprint density at radius 3 is 2.67 bits per heavy atom. The first-order valence-electron chi connectivity index (χ1n) is 7.47. The molecule has 0 fully saturated rings. The summed E-state index contributed by atoms with van der Waals surface area (Å²) in [4.78, 5) is 0. The van der Waals surface area contributed by atoms with Crippen LogP contribution in [0, 0.1) is 0 Å². The molecule has 21 heavy (non-hydrogen) atoms. The van der Waals surface area contributed by atoms with Crippen molar-refractivity contribution in [1.29, 1.82) is 0 Å². The van der Waals surface area contributed by atoms with Gasteiger partial charge < -0.3 is 9.88 Å². The highest BCUT2D eigenvalue weighted by atomic mass is 35.5. The molecule has 2 aromatic rings. The summed E-state index contributed by atoms with van der Waals surface area (Å²) >= 11 is 12.6. The molecule has 1 N–H and O–H groups in total. The number of hydrogen-bond donors (Lipinski definition) is 1. The van der Waals surface area contributed by atoms with E-state index in [4.69, 9.17) is 23.2 Å². The van der Waals surface area contributed by atoms with Crippen molar-refractivity contribution >= 4 is 23.2 Å². The normalized spacial score (nSPS) is 18.3. The summed E-state index contributed by atoms with van der Waals surface area (Å²) in [6, 6.07) is 6.14. The predicted octanol–water partition coefficient (Wildman–Crippen LogP) is 4.83. The third-order valence-corrected chi connectivity index (χ3v) is 5.02. The molecule has 1 heterocycles. The smallest absolute Gasteiger partial charge is 0.0500 e. The zero-order valence-electron chi connectivity index (χ0n) is 12.2. The van der Waals surface area contributed by atoms with Crippen LogP contribution in [-0.2, 0) is 13.0 Å². The number of nitrogens with zero attached hydrogens (tertiary/aromatic N) is 1. The molecular weight excluding hydrogens is 303 g/mol. The first-order chi connectivity index (χ1) is 10.2. The van der Waals surface area contributed by atoms with E-state index in [0.717, 1.165) is 28.6 Å². The molecule has 0 bridgehead atoms. The van der Waals surface area contributed by atoms with Crippen LogP contribution < -0.4 is 5.32 Å². The highest BCUT2D eigenvalue weighted by Crippen LogP contribution is 2.31. The maximum atomic E-state index is 6.28. The van der Waals surface area contributed by atoms with E-state index in [-0.39, 0.29) is 0 Å². The second-order valence-corrected chi connectivity index (χ2v) is 6.51. The maximum absolute atomic E-state index is 6.28. The van der Waals surface area contributed by atoms with Crippen LogP contribution >= 0.6 is 23.2 Å². The van der Waals surface area contributed by atoms with E-state index >= 15 is 0 Å². The van der Waals surface area contributed by atoms with E-state index in [1.165, 1.54) is 30.4 Å². The highest BCUT2D eigenvalue weighted by molar-refractivity contribution is 6.35. The van der Waals surface area contributed by atoms with Gasteiger partial charge in [-0.3, -0.25) is 0 Å². The summed E-state index contributed by atoms with van der Waals surface area (Å²) in [6.07, 6.45) is 9.43. The SMILES string of the molecule is CNC1CCCCc2cn(Cc3c(Cl)cccc3Cl)cc21. The first kappa shape index (κ1) is 15.0. The lowest BCUT2D eigenvalue weighted by Gasteiger charge is -2.13. The summed E-state index contributed by atoms with van der Waals surface area (Å²) in [6.45, 7) is 0.724. The number of hydrogen-bond acceptors (Lipinski definition) is 1. The summed E-state index contributed by atoms with van der Waals surface area (Å²) < 4.78 is 2.22. The standard InChI is InChI=1S/C17H20Cl2N2/c1-20-17-8-3-2-5-12-9-21(10-13(12)17)11-14-15(18)6-4-7-16(14)19/h4,6-7,9-10,17,20H,2-3,5,8,11H2,1H3. The molecule has 0 aliphatic heterocycles. The van der Waals surface area contributed by atoms with Gasteiger partial charge >= 0.3 is 0 Å². The van der Waals surface area contributed by atoms with Gasteiger partial charge in [0.2, 0.25) is 0 Å². The Kier molecular flexibility index (Phi) is 4.58. The second kappa shape index (κ2) is 6.43. The Morgan fingerprint density at radius 2 is 1.95 bits per heavy atom. The minimum Gasteiger partial charge on any atom is -0.349 e. The molecule has 0 radical (unpaired) electrons. The number of halogens is 2. The van der Waals surface area contributed by atoms with Crippen molar-refractivity contribution in [3.63, 3.8) is 0 Å².